The van der Waals surface area contributed by atoms with Crippen molar-refractivity contribution in [3.8, 4) is 11.3 Å². The van der Waals surface area contributed by atoms with E-state index >= 15 is 0 Å². The highest BCUT2D eigenvalue weighted by atomic mass is 32.2. The first kappa shape index (κ1) is 21.7. The molecule has 0 bridgehead atoms. The summed E-state index contributed by atoms with van der Waals surface area (Å²) in [6.07, 6.45) is 5.85. The Hall–Kier alpha value is -3.13. The number of hydrogen-bond acceptors (Lipinski definition) is 6. The van der Waals surface area contributed by atoms with Crippen molar-refractivity contribution in [2.75, 3.05) is 24.2 Å². The normalized spacial score (nSPS) is 16.6. The highest BCUT2D eigenvalue weighted by molar-refractivity contribution is 7.90. The van der Waals surface area contributed by atoms with Crippen molar-refractivity contribution in [3.05, 3.63) is 71.3 Å². The molecule has 1 aliphatic heterocycles. The fourth-order valence-corrected chi connectivity index (χ4v) is 4.88. The zero-order valence-corrected chi connectivity index (χ0v) is 19.4. The molecule has 8 heteroatoms. The van der Waals surface area contributed by atoms with Crippen LogP contribution in [0.15, 0.2) is 53.7 Å². The van der Waals surface area contributed by atoms with Crippen LogP contribution in [0.1, 0.15) is 36.7 Å². The second-order valence-corrected chi connectivity index (χ2v) is 10.8. The summed E-state index contributed by atoms with van der Waals surface area (Å²) in [5, 5.41) is -0.187. The minimum Gasteiger partial charge on any atom is -0.356 e. The second kappa shape index (κ2) is 8.33. The molecule has 1 aliphatic carbocycles. The average Bonchev–Trinajstić information content (AvgIpc) is 3.22. The Balaban J connectivity index is 1.59. The molecule has 33 heavy (non-hydrogen) atoms. The van der Waals surface area contributed by atoms with Crippen LogP contribution in [0.2, 0.25) is 0 Å². The highest BCUT2D eigenvalue weighted by Gasteiger charge is 2.25. The summed E-state index contributed by atoms with van der Waals surface area (Å²) in [4.78, 5) is 15.7. The van der Waals surface area contributed by atoms with Crippen LogP contribution in [0.5, 0.6) is 0 Å². The number of pyridine rings is 1. The molecule has 3 aromatic rings. The van der Waals surface area contributed by atoms with Gasteiger partial charge >= 0.3 is 0 Å². The summed E-state index contributed by atoms with van der Waals surface area (Å²) < 4.78 is 39.1. The van der Waals surface area contributed by atoms with E-state index in [9.17, 15) is 12.8 Å². The quantitative estimate of drug-likeness (QED) is 0.536. The van der Waals surface area contributed by atoms with E-state index in [-0.39, 0.29) is 11.0 Å². The first-order valence-corrected chi connectivity index (χ1v) is 13.0. The number of halogens is 1. The summed E-state index contributed by atoms with van der Waals surface area (Å²) >= 11 is 0. The molecule has 0 atom stereocenters. The third-order valence-electron chi connectivity index (χ3n) is 6.32. The Bertz CT molecular complexity index is 1360. The smallest absolute Gasteiger partial charge is 0.249 e. The molecule has 2 aromatic heterocycles. The van der Waals surface area contributed by atoms with Crippen molar-refractivity contribution in [1.82, 2.24) is 15.0 Å². The molecule has 6 nitrogen and oxygen atoms in total. The van der Waals surface area contributed by atoms with Gasteiger partial charge in [-0.05, 0) is 48.9 Å². The number of benzene rings is 1. The molecule has 1 fully saturated rings. The number of aromatic nitrogens is 3. The van der Waals surface area contributed by atoms with Crippen molar-refractivity contribution in [1.29, 1.82) is 0 Å². The zero-order valence-electron chi connectivity index (χ0n) is 18.6. The van der Waals surface area contributed by atoms with Gasteiger partial charge in [-0.25, -0.2) is 27.8 Å². The second-order valence-electron chi connectivity index (χ2n) is 8.84. The average molecular weight is 465 g/mol. The monoisotopic (exact) mass is 464 g/mol. The molecule has 0 unspecified atom stereocenters. The number of hydrogen-bond donors (Lipinski definition) is 0. The van der Waals surface area contributed by atoms with Gasteiger partial charge in [-0.15, -0.1) is 0 Å². The van der Waals surface area contributed by atoms with E-state index in [2.05, 4.69) is 21.8 Å². The molecule has 1 saturated heterocycles. The zero-order chi connectivity index (χ0) is 23.2. The Labute approximate surface area is 193 Å². The molecule has 0 radical (unpaired) electrons. The number of rotatable bonds is 4. The van der Waals surface area contributed by atoms with E-state index < -0.39 is 9.84 Å². The Morgan fingerprint density at radius 2 is 1.76 bits per heavy atom. The van der Waals surface area contributed by atoms with Crippen LogP contribution in [-0.4, -0.2) is 42.7 Å². The predicted octanol–water partition coefficient (Wildman–Crippen LogP) is 4.31. The molecule has 1 aromatic carbocycles. The van der Waals surface area contributed by atoms with Crippen molar-refractivity contribution in [2.24, 2.45) is 5.92 Å². The Morgan fingerprint density at radius 1 is 1.00 bits per heavy atom. The fourth-order valence-electron chi connectivity index (χ4n) is 4.36. The molecule has 0 amide bonds. The van der Waals surface area contributed by atoms with Crippen molar-refractivity contribution < 1.29 is 12.8 Å². The van der Waals surface area contributed by atoms with Crippen LogP contribution < -0.4 is 4.90 Å². The lowest BCUT2D eigenvalue weighted by atomic mass is 9.99. The van der Waals surface area contributed by atoms with E-state index in [4.69, 9.17) is 4.98 Å². The van der Waals surface area contributed by atoms with E-state index in [1.54, 1.807) is 18.2 Å². The van der Waals surface area contributed by atoms with Gasteiger partial charge in [-0.2, -0.15) is 0 Å². The van der Waals surface area contributed by atoms with Crippen molar-refractivity contribution >= 4 is 21.2 Å². The van der Waals surface area contributed by atoms with Crippen LogP contribution in [0, 0.1) is 11.7 Å². The number of anilines is 1. The van der Waals surface area contributed by atoms with Gasteiger partial charge in [0.05, 0.1) is 17.1 Å². The maximum absolute atomic E-state index is 14.4. The lowest BCUT2D eigenvalue weighted by Crippen LogP contribution is -2.33. The summed E-state index contributed by atoms with van der Waals surface area (Å²) in [7, 11) is -3.61. The summed E-state index contributed by atoms with van der Waals surface area (Å²) in [6.45, 7) is 3.88. The van der Waals surface area contributed by atoms with Crippen molar-refractivity contribution in [3.63, 3.8) is 0 Å². The standard InChI is InChI=1S/C25H25FN4O2S/c1-16-11-13-30(14-12-16)23-15-22(28-25(29-23)33(2,31)32)19-9-7-17-8-10-21(27-24(17)19)18-5-3-4-6-20(18)26/h3-6,8-10,15-16H,7,11-14H2,1-2H3. The maximum atomic E-state index is 14.4. The SMILES string of the molecule is CC1CCN(c2cc(C3=CCc4ccc(-c5ccccc5F)nc43)nc(S(C)(=O)=O)n2)CC1. The fraction of sp³-hybridized carbons (Fsp3) is 0.320. The van der Waals surface area contributed by atoms with Crippen molar-refractivity contribution in [2.45, 2.75) is 31.3 Å². The summed E-state index contributed by atoms with van der Waals surface area (Å²) in [6, 6.07) is 12.1. The molecule has 5 rings (SSSR count). The maximum Gasteiger partial charge on any atom is 0.249 e. The van der Waals surface area contributed by atoms with Gasteiger partial charge in [-0.1, -0.05) is 31.2 Å². The number of nitrogens with zero attached hydrogens (tertiary/aromatic N) is 4. The van der Waals surface area contributed by atoms with Crippen LogP contribution in [-0.2, 0) is 16.3 Å². The van der Waals surface area contributed by atoms with Crippen LogP contribution >= 0.6 is 0 Å². The van der Waals surface area contributed by atoms with Crippen LogP contribution in [0.25, 0.3) is 16.8 Å². The van der Waals surface area contributed by atoms with Gasteiger partial charge in [-0.3, -0.25) is 0 Å². The van der Waals surface area contributed by atoms with E-state index in [1.807, 2.05) is 24.3 Å². The minimum absolute atomic E-state index is 0.187. The lowest BCUT2D eigenvalue weighted by molar-refractivity contribution is 0.435. The van der Waals surface area contributed by atoms with Crippen LogP contribution in [0.4, 0.5) is 10.2 Å². The van der Waals surface area contributed by atoms with Gasteiger partial charge in [0, 0.05) is 36.5 Å². The highest BCUT2D eigenvalue weighted by Crippen LogP contribution is 2.35. The number of sulfone groups is 1. The predicted molar refractivity (Wildman–Crippen MR) is 126 cm³/mol. The third-order valence-corrected chi connectivity index (χ3v) is 7.16. The molecular weight excluding hydrogens is 439 g/mol. The van der Waals surface area contributed by atoms with Gasteiger partial charge < -0.3 is 4.90 Å². The molecular formula is C25H25FN4O2S. The minimum atomic E-state index is -3.61. The van der Waals surface area contributed by atoms with E-state index in [0.717, 1.165) is 43.3 Å². The van der Waals surface area contributed by atoms with Gasteiger partial charge in [0.2, 0.25) is 15.0 Å². The third kappa shape index (κ3) is 4.27. The molecule has 0 N–H and O–H groups in total. The van der Waals surface area contributed by atoms with Gasteiger partial charge in [0.15, 0.2) is 0 Å². The van der Waals surface area contributed by atoms with Crippen LogP contribution in [0.3, 0.4) is 0 Å². The first-order valence-electron chi connectivity index (χ1n) is 11.1. The lowest BCUT2D eigenvalue weighted by Gasteiger charge is -2.31. The Kier molecular flexibility index (Phi) is 5.48. The molecule has 0 spiro atoms. The van der Waals surface area contributed by atoms with E-state index in [0.29, 0.717) is 40.8 Å². The van der Waals surface area contributed by atoms with E-state index in [1.165, 1.54) is 6.07 Å². The molecule has 0 saturated carbocycles. The van der Waals surface area contributed by atoms with Gasteiger partial charge in [0.25, 0.3) is 0 Å². The number of fused-ring (bicyclic) bond motifs is 1. The topological polar surface area (TPSA) is 76.1 Å². The summed E-state index contributed by atoms with van der Waals surface area (Å²) in [5.74, 6) is 0.922. The summed E-state index contributed by atoms with van der Waals surface area (Å²) in [5.41, 5.74) is 3.93. The largest absolute Gasteiger partial charge is 0.356 e. The first-order chi connectivity index (χ1) is 15.8. The molecule has 170 valence electrons. The molecule has 2 aliphatic rings. The Morgan fingerprint density at radius 3 is 2.48 bits per heavy atom. The number of allylic oxidation sites excluding steroid dienone is 1. The molecule has 3 heterocycles. The van der Waals surface area contributed by atoms with Gasteiger partial charge in [0.1, 0.15) is 11.6 Å². The number of piperidine rings is 1.